The topological polar surface area (TPSA) is 64.3 Å². The van der Waals surface area contributed by atoms with E-state index < -0.39 is 12.0 Å². The number of halogens is 3. The van der Waals surface area contributed by atoms with Crippen molar-refractivity contribution in [3.05, 3.63) is 30.1 Å². The second-order valence-electron chi connectivity index (χ2n) is 4.53. The first-order valence-electron chi connectivity index (χ1n) is 6.70. The van der Waals surface area contributed by atoms with Gasteiger partial charge in [0.1, 0.15) is 11.6 Å². The smallest absolute Gasteiger partial charge is 0.453 e. The maximum Gasteiger partial charge on any atom is 0.453 e. The molecule has 2 aromatic rings. The number of amidine groups is 1. The van der Waals surface area contributed by atoms with E-state index in [1.807, 2.05) is 6.92 Å². The fraction of sp³-hybridized carbons (Fsp3) is 0.308. The molecule has 0 radical (unpaired) electrons. The number of hydrogen-bond acceptors (Lipinski definition) is 5. The van der Waals surface area contributed by atoms with Crippen LogP contribution in [0.25, 0.3) is 0 Å². The lowest BCUT2D eigenvalue weighted by Gasteiger charge is -2.19. The number of ether oxygens (including phenoxy) is 1. The van der Waals surface area contributed by atoms with E-state index in [0.29, 0.717) is 29.6 Å². The van der Waals surface area contributed by atoms with Crippen molar-refractivity contribution in [2.75, 3.05) is 17.8 Å². The van der Waals surface area contributed by atoms with Crippen molar-refractivity contribution in [2.24, 2.45) is 4.99 Å². The summed E-state index contributed by atoms with van der Waals surface area (Å²) in [6, 6.07) is 6.97. The molecule has 122 valence electrons. The van der Waals surface area contributed by atoms with Gasteiger partial charge in [-0.1, -0.05) is 11.8 Å². The second-order valence-corrected chi connectivity index (χ2v) is 5.47. The molecule has 6 nitrogen and oxygen atoms in total. The van der Waals surface area contributed by atoms with Gasteiger partial charge in [-0.15, -0.1) is 10.2 Å². The minimum absolute atomic E-state index is 0.156. The van der Waals surface area contributed by atoms with Crippen molar-refractivity contribution >= 4 is 23.3 Å². The van der Waals surface area contributed by atoms with E-state index in [1.54, 1.807) is 24.3 Å². The molecule has 23 heavy (non-hydrogen) atoms. The molecule has 0 fully saturated rings. The highest BCUT2D eigenvalue weighted by Crippen LogP contribution is 2.31. The van der Waals surface area contributed by atoms with Gasteiger partial charge in [-0.2, -0.15) is 13.2 Å². The number of alkyl halides is 3. The lowest BCUT2D eigenvalue weighted by Crippen LogP contribution is -2.33. The maximum atomic E-state index is 12.9. The first kappa shape index (κ1) is 15.7. The van der Waals surface area contributed by atoms with Gasteiger partial charge < -0.3 is 4.74 Å². The number of aromatic nitrogens is 3. The summed E-state index contributed by atoms with van der Waals surface area (Å²) in [5.74, 6) is 0.377. The minimum atomic E-state index is -4.58. The Kier molecular flexibility index (Phi) is 4.16. The summed E-state index contributed by atoms with van der Waals surface area (Å²) in [5, 5.41) is 6.85. The van der Waals surface area contributed by atoms with Gasteiger partial charge in [0.2, 0.25) is 5.16 Å². The van der Waals surface area contributed by atoms with Crippen LogP contribution < -0.4 is 10.2 Å². The van der Waals surface area contributed by atoms with Gasteiger partial charge in [0.15, 0.2) is 0 Å². The van der Waals surface area contributed by atoms with Gasteiger partial charge in [0.25, 0.3) is 5.82 Å². The van der Waals surface area contributed by atoms with Crippen molar-refractivity contribution in [2.45, 2.75) is 18.3 Å². The normalized spacial score (nSPS) is 16.1. The molecular formula is C13H12F3N5OS. The summed E-state index contributed by atoms with van der Waals surface area (Å²) in [6.45, 7) is 2.44. The van der Waals surface area contributed by atoms with Crippen LogP contribution in [0.2, 0.25) is 0 Å². The number of nitrogens with zero attached hydrogens (tertiary/aromatic N) is 4. The van der Waals surface area contributed by atoms with Gasteiger partial charge in [0.05, 0.1) is 18.0 Å². The molecule has 0 atom stereocenters. The molecule has 3 rings (SSSR count). The average Bonchev–Trinajstić information content (AvgIpc) is 2.93. The monoisotopic (exact) mass is 343 g/mol. The highest BCUT2D eigenvalue weighted by molar-refractivity contribution is 7.99. The quantitative estimate of drug-likeness (QED) is 0.928. The van der Waals surface area contributed by atoms with Crippen LogP contribution in [0.5, 0.6) is 5.75 Å². The van der Waals surface area contributed by atoms with Crippen LogP contribution in [-0.4, -0.2) is 33.1 Å². The first-order chi connectivity index (χ1) is 11.0. The average molecular weight is 343 g/mol. The summed E-state index contributed by atoms with van der Waals surface area (Å²) in [7, 11) is 0. The summed E-state index contributed by atoms with van der Waals surface area (Å²) in [5.41, 5.74) is 3.22. The van der Waals surface area contributed by atoms with Crippen LogP contribution in [0.4, 0.5) is 18.9 Å². The molecule has 0 spiro atoms. The Morgan fingerprint density at radius 3 is 2.70 bits per heavy atom. The van der Waals surface area contributed by atoms with Crippen LogP contribution in [0.1, 0.15) is 12.7 Å². The third-order valence-electron chi connectivity index (χ3n) is 2.88. The van der Waals surface area contributed by atoms with Crippen molar-refractivity contribution in [3.8, 4) is 5.75 Å². The predicted molar refractivity (Wildman–Crippen MR) is 79.8 cm³/mol. The molecule has 0 bridgehead atoms. The number of benzene rings is 1. The van der Waals surface area contributed by atoms with E-state index in [2.05, 4.69) is 20.6 Å². The fourth-order valence-corrected chi connectivity index (χ4v) is 2.69. The Morgan fingerprint density at radius 1 is 1.30 bits per heavy atom. The van der Waals surface area contributed by atoms with E-state index in [9.17, 15) is 13.2 Å². The van der Waals surface area contributed by atoms with Crippen LogP contribution in [0.3, 0.4) is 0 Å². The Balaban J connectivity index is 1.82. The second kappa shape index (κ2) is 6.11. The molecule has 0 amide bonds. The minimum Gasteiger partial charge on any atom is -0.494 e. The maximum absolute atomic E-state index is 12.9. The Hall–Kier alpha value is -2.23. The van der Waals surface area contributed by atoms with Crippen LogP contribution in [0, 0.1) is 0 Å². The Bertz CT molecular complexity index is 726. The molecule has 1 aromatic heterocycles. The molecule has 10 heteroatoms. The zero-order valence-corrected chi connectivity index (χ0v) is 12.8. The van der Waals surface area contributed by atoms with E-state index in [4.69, 9.17) is 4.74 Å². The number of rotatable bonds is 3. The van der Waals surface area contributed by atoms with E-state index in [-0.39, 0.29) is 5.16 Å². The molecule has 0 unspecified atom stereocenters. The molecule has 0 aliphatic carbocycles. The molecule has 0 saturated carbocycles. The van der Waals surface area contributed by atoms with E-state index >= 15 is 0 Å². The highest BCUT2D eigenvalue weighted by Gasteiger charge is 2.40. The third-order valence-corrected chi connectivity index (χ3v) is 3.82. The molecule has 0 saturated heterocycles. The number of aliphatic imine (C=N–C) groups is 1. The molecule has 1 aliphatic heterocycles. The van der Waals surface area contributed by atoms with Crippen LogP contribution in [-0.2, 0) is 6.18 Å². The molecule has 1 N–H and O–H groups in total. The van der Waals surface area contributed by atoms with Crippen molar-refractivity contribution in [1.82, 2.24) is 14.9 Å². The zero-order chi connectivity index (χ0) is 16.4. The van der Waals surface area contributed by atoms with Gasteiger partial charge in [-0.25, -0.2) is 9.67 Å². The molecule has 1 aromatic carbocycles. The largest absolute Gasteiger partial charge is 0.494 e. The standard InChI is InChI=1S/C13H12F3N5OS/c1-2-22-9-5-3-8(4-6-9)17-10-7-23-12-19-18-11(13(14,15)16)21(12)20-10/h3-6H,2,7H2,1H3,(H,17,20). The van der Waals surface area contributed by atoms with Crippen LogP contribution >= 0.6 is 11.8 Å². The molecule has 2 heterocycles. The predicted octanol–water partition coefficient (Wildman–Crippen LogP) is 3.08. The van der Waals surface area contributed by atoms with Gasteiger partial charge in [-0.05, 0) is 31.2 Å². The van der Waals surface area contributed by atoms with Crippen LogP contribution in [0.15, 0.2) is 34.4 Å². The third kappa shape index (κ3) is 3.41. The zero-order valence-electron chi connectivity index (χ0n) is 12.0. The lowest BCUT2D eigenvalue weighted by atomic mass is 10.3. The van der Waals surface area contributed by atoms with Gasteiger partial charge in [-0.3, -0.25) is 5.43 Å². The highest BCUT2D eigenvalue weighted by atomic mass is 32.2. The lowest BCUT2D eigenvalue weighted by molar-refractivity contribution is -0.146. The van der Waals surface area contributed by atoms with Crippen molar-refractivity contribution in [3.63, 3.8) is 0 Å². The summed E-state index contributed by atoms with van der Waals surface area (Å²) >= 11 is 1.14. The summed E-state index contributed by atoms with van der Waals surface area (Å²) in [6.07, 6.45) is -4.58. The number of fused-ring (bicyclic) bond motifs is 1. The first-order valence-corrected chi connectivity index (χ1v) is 7.69. The van der Waals surface area contributed by atoms with E-state index in [0.717, 1.165) is 16.4 Å². The Labute approximate surface area is 133 Å². The van der Waals surface area contributed by atoms with E-state index in [1.165, 1.54) is 0 Å². The fourth-order valence-electron chi connectivity index (χ4n) is 1.94. The Morgan fingerprint density at radius 2 is 2.04 bits per heavy atom. The number of nitrogens with one attached hydrogen (secondary N) is 1. The number of thioether (sulfide) groups is 1. The summed E-state index contributed by atoms with van der Waals surface area (Å²) in [4.78, 5) is 4.31. The van der Waals surface area contributed by atoms with Gasteiger partial charge in [0, 0.05) is 0 Å². The summed E-state index contributed by atoms with van der Waals surface area (Å²) < 4.78 is 44.7. The molecule has 1 aliphatic rings. The number of hydrogen-bond donors (Lipinski definition) is 1. The van der Waals surface area contributed by atoms with Crippen molar-refractivity contribution < 1.29 is 17.9 Å². The molecular weight excluding hydrogens is 331 g/mol. The SMILES string of the molecule is CCOc1ccc(N=C2CSc3nnc(C(F)(F)F)n3N2)cc1. The van der Waals surface area contributed by atoms with Crippen molar-refractivity contribution in [1.29, 1.82) is 0 Å². The van der Waals surface area contributed by atoms with Gasteiger partial charge >= 0.3 is 6.18 Å².